The van der Waals surface area contributed by atoms with E-state index in [2.05, 4.69) is 5.32 Å². The first-order valence-corrected chi connectivity index (χ1v) is 10.6. The zero-order valence-corrected chi connectivity index (χ0v) is 19.1. The predicted octanol–water partition coefficient (Wildman–Crippen LogP) is 6.45. The molecule has 3 aromatic rings. The largest absolute Gasteiger partial charge is 0.350 e. The monoisotopic (exact) mass is 468 g/mol. The first kappa shape index (κ1) is 22.1. The van der Waals surface area contributed by atoms with Crippen molar-refractivity contribution in [1.82, 2.24) is 0 Å². The molecule has 0 spiro atoms. The van der Waals surface area contributed by atoms with E-state index in [1.807, 2.05) is 45.0 Å². The lowest BCUT2D eigenvalue weighted by molar-refractivity contribution is -0.120. The number of nitrogens with zero attached hydrogens (tertiary/aromatic N) is 1. The Hall–Kier alpha value is -3.15. The van der Waals surface area contributed by atoms with Gasteiger partial charge in [-0.1, -0.05) is 53.0 Å². The zero-order valence-electron chi connectivity index (χ0n) is 17.6. The van der Waals surface area contributed by atoms with Crippen LogP contribution in [0.25, 0.3) is 5.57 Å². The van der Waals surface area contributed by atoms with Crippen molar-refractivity contribution >= 4 is 52.0 Å². The molecule has 3 aromatic carbocycles. The van der Waals surface area contributed by atoms with Crippen LogP contribution in [0.1, 0.15) is 22.3 Å². The Bertz CT molecular complexity index is 1320. The molecule has 162 valence electrons. The molecule has 0 unspecified atom stereocenters. The Morgan fingerprint density at radius 2 is 1.56 bits per heavy atom. The third-order valence-electron chi connectivity index (χ3n) is 5.34. The highest BCUT2D eigenvalue weighted by Gasteiger charge is 2.41. The molecule has 0 atom stereocenters. The maximum absolute atomic E-state index is 13.7. The highest BCUT2D eigenvalue weighted by Crippen LogP contribution is 2.36. The molecule has 4 rings (SSSR count). The van der Waals surface area contributed by atoms with E-state index in [9.17, 15) is 14.0 Å². The highest BCUT2D eigenvalue weighted by molar-refractivity contribution is 6.46. The molecule has 4 nitrogen and oxygen atoms in total. The number of amides is 2. The number of carbonyl (C=O) groups excluding carboxylic acids is 2. The van der Waals surface area contributed by atoms with Crippen molar-refractivity contribution in [3.63, 3.8) is 0 Å². The van der Waals surface area contributed by atoms with Crippen LogP contribution in [0.5, 0.6) is 0 Å². The number of aryl methyl sites for hydroxylation is 3. The molecule has 0 saturated carbocycles. The third kappa shape index (κ3) is 3.90. The molecule has 7 heteroatoms. The van der Waals surface area contributed by atoms with Gasteiger partial charge in [-0.3, -0.25) is 9.59 Å². The van der Waals surface area contributed by atoms with Crippen LogP contribution in [-0.4, -0.2) is 11.8 Å². The average Bonchev–Trinajstić information content (AvgIpc) is 2.97. The van der Waals surface area contributed by atoms with Crippen LogP contribution in [-0.2, 0) is 9.59 Å². The Morgan fingerprint density at radius 3 is 2.22 bits per heavy atom. The Labute approximate surface area is 195 Å². The molecule has 0 bridgehead atoms. The molecule has 2 amide bonds. The fourth-order valence-corrected chi connectivity index (χ4v) is 4.02. The third-order valence-corrected chi connectivity index (χ3v) is 6.03. The molecule has 1 heterocycles. The molecular formula is C25H19Cl2FN2O2. The average molecular weight is 469 g/mol. The number of halogens is 3. The number of imide groups is 1. The number of hydrogen-bond donors (Lipinski definition) is 1. The number of anilines is 2. The van der Waals surface area contributed by atoms with E-state index in [0.717, 1.165) is 27.7 Å². The fraction of sp³-hybridized carbons (Fsp3) is 0.120. The van der Waals surface area contributed by atoms with E-state index in [1.165, 1.54) is 12.1 Å². The van der Waals surface area contributed by atoms with Gasteiger partial charge in [0.05, 0.1) is 16.3 Å². The van der Waals surface area contributed by atoms with E-state index < -0.39 is 17.6 Å². The molecule has 32 heavy (non-hydrogen) atoms. The minimum Gasteiger partial charge on any atom is -0.350 e. The molecule has 0 aromatic heterocycles. The first-order chi connectivity index (χ1) is 15.2. The SMILES string of the molecule is Cc1ccc(C2=C(Nc3ccc(C)c(Cl)c3)C(=O)N(c3ccc(F)c(Cl)c3)C2=O)c(C)c1. The van der Waals surface area contributed by atoms with Gasteiger partial charge in [0.25, 0.3) is 11.8 Å². The van der Waals surface area contributed by atoms with E-state index in [4.69, 9.17) is 23.2 Å². The van der Waals surface area contributed by atoms with Crippen molar-refractivity contribution in [1.29, 1.82) is 0 Å². The van der Waals surface area contributed by atoms with E-state index in [-0.39, 0.29) is 22.0 Å². The summed E-state index contributed by atoms with van der Waals surface area (Å²) in [6.07, 6.45) is 0. The number of rotatable bonds is 4. The Morgan fingerprint density at radius 1 is 0.812 bits per heavy atom. The molecule has 0 fully saturated rings. The number of carbonyl (C=O) groups is 2. The standard InChI is InChI=1S/C25H19Cl2FN2O2/c1-13-4-8-18(15(3)10-13)22-23(29-16-6-5-14(2)19(26)11-16)25(32)30(24(22)31)17-7-9-21(28)20(27)12-17/h4-12,29H,1-3H3. The lowest BCUT2D eigenvalue weighted by Gasteiger charge is -2.16. The summed E-state index contributed by atoms with van der Waals surface area (Å²) in [5, 5.41) is 3.43. The van der Waals surface area contributed by atoms with Crippen molar-refractivity contribution in [3.05, 3.63) is 98.4 Å². The second-order valence-electron chi connectivity index (χ2n) is 7.70. The predicted molar refractivity (Wildman–Crippen MR) is 127 cm³/mol. The van der Waals surface area contributed by atoms with Gasteiger partial charge in [0.15, 0.2) is 0 Å². The van der Waals surface area contributed by atoms with Crippen molar-refractivity contribution in [2.45, 2.75) is 20.8 Å². The number of hydrogen-bond acceptors (Lipinski definition) is 3. The molecule has 0 radical (unpaired) electrons. The van der Waals surface area contributed by atoms with Crippen molar-refractivity contribution in [3.8, 4) is 0 Å². The quantitative estimate of drug-likeness (QED) is 0.447. The minimum absolute atomic E-state index is 0.113. The summed E-state index contributed by atoms with van der Waals surface area (Å²) in [5.74, 6) is -1.72. The molecule has 1 N–H and O–H groups in total. The van der Waals surface area contributed by atoms with Crippen molar-refractivity contribution in [2.24, 2.45) is 0 Å². The van der Waals surface area contributed by atoms with Gasteiger partial charge >= 0.3 is 0 Å². The van der Waals surface area contributed by atoms with Gasteiger partial charge in [0, 0.05) is 10.7 Å². The Kier molecular flexibility index (Phi) is 5.80. The second kappa shape index (κ2) is 8.41. The molecule has 0 aliphatic carbocycles. The van der Waals surface area contributed by atoms with E-state index in [0.29, 0.717) is 16.3 Å². The summed E-state index contributed by atoms with van der Waals surface area (Å²) < 4.78 is 13.7. The topological polar surface area (TPSA) is 49.4 Å². The second-order valence-corrected chi connectivity index (χ2v) is 8.52. The fourth-order valence-electron chi connectivity index (χ4n) is 3.66. The summed E-state index contributed by atoms with van der Waals surface area (Å²) in [6, 6.07) is 14.7. The van der Waals surface area contributed by atoms with Crippen molar-refractivity contribution < 1.29 is 14.0 Å². The zero-order chi connectivity index (χ0) is 23.2. The van der Waals surface area contributed by atoms with Crippen LogP contribution in [0.4, 0.5) is 15.8 Å². The maximum Gasteiger partial charge on any atom is 0.282 e. The summed E-state index contributed by atoms with van der Waals surface area (Å²) in [7, 11) is 0. The Balaban J connectivity index is 1.87. The first-order valence-electron chi connectivity index (χ1n) is 9.86. The van der Waals surface area contributed by atoms with Gasteiger partial charge in [-0.15, -0.1) is 0 Å². The van der Waals surface area contributed by atoms with Gasteiger partial charge in [-0.05, 0) is 67.8 Å². The van der Waals surface area contributed by atoms with Gasteiger partial charge in [-0.25, -0.2) is 9.29 Å². The lowest BCUT2D eigenvalue weighted by Crippen LogP contribution is -2.32. The summed E-state index contributed by atoms with van der Waals surface area (Å²) in [6.45, 7) is 5.70. The van der Waals surface area contributed by atoms with Gasteiger partial charge in [0.2, 0.25) is 0 Å². The summed E-state index contributed by atoms with van der Waals surface area (Å²) >= 11 is 12.2. The van der Waals surface area contributed by atoms with E-state index >= 15 is 0 Å². The van der Waals surface area contributed by atoms with Gasteiger partial charge in [0.1, 0.15) is 11.5 Å². The minimum atomic E-state index is -0.635. The van der Waals surface area contributed by atoms with E-state index in [1.54, 1.807) is 12.1 Å². The van der Waals surface area contributed by atoms with Gasteiger partial charge < -0.3 is 5.32 Å². The molecular weight excluding hydrogens is 450 g/mol. The van der Waals surface area contributed by atoms with Crippen LogP contribution in [0.2, 0.25) is 10.0 Å². The molecule has 0 saturated heterocycles. The van der Waals surface area contributed by atoms with Crippen LogP contribution in [0.3, 0.4) is 0 Å². The number of nitrogens with one attached hydrogen (secondary N) is 1. The van der Waals surface area contributed by atoms with Crippen LogP contribution in [0.15, 0.2) is 60.3 Å². The summed E-state index contributed by atoms with van der Waals surface area (Å²) in [5.41, 5.74) is 4.49. The maximum atomic E-state index is 13.7. The smallest absolute Gasteiger partial charge is 0.282 e. The van der Waals surface area contributed by atoms with Crippen LogP contribution >= 0.6 is 23.2 Å². The van der Waals surface area contributed by atoms with Crippen LogP contribution in [0, 0.1) is 26.6 Å². The molecule has 1 aliphatic rings. The van der Waals surface area contributed by atoms with Crippen LogP contribution < -0.4 is 10.2 Å². The number of benzene rings is 3. The highest BCUT2D eigenvalue weighted by atomic mass is 35.5. The summed E-state index contributed by atoms with van der Waals surface area (Å²) in [4.78, 5) is 28.0. The van der Waals surface area contributed by atoms with Gasteiger partial charge in [-0.2, -0.15) is 0 Å². The van der Waals surface area contributed by atoms with Crippen molar-refractivity contribution in [2.75, 3.05) is 10.2 Å². The lowest BCUT2D eigenvalue weighted by atomic mass is 9.97. The molecule has 1 aliphatic heterocycles. The normalized spacial score (nSPS) is 13.9.